The lowest BCUT2D eigenvalue weighted by molar-refractivity contribution is 0.00153. The lowest BCUT2D eigenvalue weighted by Crippen LogP contribution is -2.24. The van der Waals surface area contributed by atoms with E-state index < -0.39 is 22.3 Å². The van der Waals surface area contributed by atoms with Gasteiger partial charge in [-0.05, 0) is 0 Å². The SMILES string of the molecule is O=c1[nH]nc(C(F)(F)C(Cl)Cl)[nH]1. The molecule has 0 fully saturated rings. The number of rotatable bonds is 2. The average Bonchev–Trinajstić information content (AvgIpc) is 2.35. The second kappa shape index (κ2) is 3.02. The highest BCUT2D eigenvalue weighted by molar-refractivity contribution is 6.44. The molecule has 1 aromatic rings. The van der Waals surface area contributed by atoms with Crippen molar-refractivity contribution in [2.75, 3.05) is 0 Å². The van der Waals surface area contributed by atoms with E-state index in [0.717, 1.165) is 0 Å². The molecular formula is C4H3Cl2F2N3O. The minimum atomic E-state index is -3.55. The fraction of sp³-hybridized carbons (Fsp3) is 0.500. The van der Waals surface area contributed by atoms with Gasteiger partial charge in [0.05, 0.1) is 0 Å². The topological polar surface area (TPSA) is 61.5 Å². The second-order valence-electron chi connectivity index (χ2n) is 1.95. The lowest BCUT2D eigenvalue weighted by atomic mass is 10.4. The molecule has 2 N–H and O–H groups in total. The van der Waals surface area contributed by atoms with Crippen LogP contribution in [0.1, 0.15) is 5.82 Å². The molecule has 0 atom stereocenters. The predicted octanol–water partition coefficient (Wildman–Crippen LogP) is 0.993. The maximum Gasteiger partial charge on any atom is 0.340 e. The third-order valence-corrected chi connectivity index (χ3v) is 1.64. The monoisotopic (exact) mass is 217 g/mol. The minimum absolute atomic E-state index is 0.835. The van der Waals surface area contributed by atoms with Gasteiger partial charge in [-0.15, -0.1) is 0 Å². The van der Waals surface area contributed by atoms with Crippen LogP contribution in [0.15, 0.2) is 4.79 Å². The van der Waals surface area contributed by atoms with Crippen molar-refractivity contribution in [2.45, 2.75) is 10.8 Å². The number of aromatic amines is 2. The van der Waals surface area contributed by atoms with E-state index in [9.17, 15) is 13.6 Å². The number of nitrogens with one attached hydrogen (secondary N) is 2. The summed E-state index contributed by atoms with van der Waals surface area (Å²) in [5.41, 5.74) is -0.835. The van der Waals surface area contributed by atoms with E-state index in [2.05, 4.69) is 5.10 Å². The van der Waals surface area contributed by atoms with Gasteiger partial charge in [0.1, 0.15) is 0 Å². The van der Waals surface area contributed by atoms with Crippen molar-refractivity contribution in [3.63, 3.8) is 0 Å². The Balaban J connectivity index is 3.05. The summed E-state index contributed by atoms with van der Waals surface area (Å²) in [6.45, 7) is 0. The number of hydrogen-bond acceptors (Lipinski definition) is 2. The van der Waals surface area contributed by atoms with Gasteiger partial charge in [0.25, 0.3) is 0 Å². The van der Waals surface area contributed by atoms with Gasteiger partial charge >= 0.3 is 11.6 Å². The van der Waals surface area contributed by atoms with Gasteiger partial charge in [0.2, 0.25) is 5.82 Å². The van der Waals surface area contributed by atoms with E-state index >= 15 is 0 Å². The maximum absolute atomic E-state index is 12.8. The molecule has 0 aromatic carbocycles. The summed E-state index contributed by atoms with van der Waals surface area (Å²) in [7, 11) is 0. The Bertz CT molecular complexity index is 320. The Morgan fingerprint density at radius 1 is 1.50 bits per heavy atom. The van der Waals surface area contributed by atoms with Gasteiger partial charge in [0.15, 0.2) is 4.84 Å². The number of hydrogen-bond donors (Lipinski definition) is 2. The van der Waals surface area contributed by atoms with Crippen LogP contribution in [0.4, 0.5) is 8.78 Å². The van der Waals surface area contributed by atoms with Crippen LogP contribution < -0.4 is 5.69 Å². The number of aromatic nitrogens is 3. The summed E-state index contributed by atoms with van der Waals surface area (Å²) in [4.78, 5) is 10.2. The molecule has 12 heavy (non-hydrogen) atoms. The van der Waals surface area contributed by atoms with Gasteiger partial charge in [-0.3, -0.25) is 4.98 Å². The van der Waals surface area contributed by atoms with Crippen molar-refractivity contribution in [1.82, 2.24) is 15.2 Å². The van der Waals surface area contributed by atoms with Crippen molar-refractivity contribution in [1.29, 1.82) is 0 Å². The molecule has 0 spiro atoms. The van der Waals surface area contributed by atoms with Crippen molar-refractivity contribution in [3.8, 4) is 0 Å². The van der Waals surface area contributed by atoms with Crippen LogP contribution >= 0.6 is 23.2 Å². The minimum Gasteiger partial charge on any atom is -0.288 e. The largest absolute Gasteiger partial charge is 0.340 e. The van der Waals surface area contributed by atoms with E-state index in [0.29, 0.717) is 0 Å². The molecule has 0 radical (unpaired) electrons. The van der Waals surface area contributed by atoms with Crippen molar-refractivity contribution >= 4 is 23.2 Å². The second-order valence-corrected chi connectivity index (χ2v) is 3.05. The first-order chi connectivity index (χ1) is 5.44. The molecule has 0 aliphatic carbocycles. The standard InChI is InChI=1S/C4H3Cl2F2N3O/c5-1(6)4(7,8)2-9-3(12)11-10-2/h1H,(H2,9,10,11,12). The molecule has 0 saturated carbocycles. The van der Waals surface area contributed by atoms with Crippen molar-refractivity contribution < 1.29 is 8.78 Å². The smallest absolute Gasteiger partial charge is 0.288 e. The fourth-order valence-electron chi connectivity index (χ4n) is 0.531. The van der Waals surface area contributed by atoms with Crippen LogP contribution in [0.2, 0.25) is 0 Å². The first-order valence-electron chi connectivity index (χ1n) is 2.75. The maximum atomic E-state index is 12.8. The van der Waals surface area contributed by atoms with E-state index in [-0.39, 0.29) is 0 Å². The van der Waals surface area contributed by atoms with Crippen LogP contribution in [-0.4, -0.2) is 20.0 Å². The Hall–Kier alpha value is -0.620. The zero-order valence-electron chi connectivity index (χ0n) is 5.44. The van der Waals surface area contributed by atoms with Crippen molar-refractivity contribution in [2.24, 2.45) is 0 Å². The molecular weight excluding hydrogens is 215 g/mol. The van der Waals surface area contributed by atoms with Gasteiger partial charge in [0, 0.05) is 0 Å². The molecule has 4 nitrogen and oxygen atoms in total. The van der Waals surface area contributed by atoms with Crippen LogP contribution in [0.3, 0.4) is 0 Å². The van der Waals surface area contributed by atoms with E-state index in [1.54, 1.807) is 10.1 Å². The van der Waals surface area contributed by atoms with Crippen LogP contribution in [0, 0.1) is 0 Å². The van der Waals surface area contributed by atoms with Crippen LogP contribution in [0.5, 0.6) is 0 Å². The Labute approximate surface area is 74.9 Å². The average molecular weight is 218 g/mol. The van der Waals surface area contributed by atoms with Gasteiger partial charge in [-0.25, -0.2) is 9.89 Å². The Kier molecular flexibility index (Phi) is 2.39. The molecule has 0 saturated heterocycles. The fourth-order valence-corrected chi connectivity index (χ4v) is 0.738. The summed E-state index contributed by atoms with van der Waals surface area (Å²) in [5, 5.41) is 4.77. The third kappa shape index (κ3) is 1.59. The number of H-pyrrole nitrogens is 2. The molecule has 0 aliphatic heterocycles. The highest BCUT2D eigenvalue weighted by atomic mass is 35.5. The van der Waals surface area contributed by atoms with Gasteiger partial charge in [-0.2, -0.15) is 13.9 Å². The number of alkyl halides is 4. The summed E-state index contributed by atoms with van der Waals surface area (Å²) in [5.74, 6) is -4.43. The number of nitrogens with zero attached hydrogens (tertiary/aromatic N) is 1. The highest BCUT2D eigenvalue weighted by Crippen LogP contribution is 2.33. The molecule has 1 aromatic heterocycles. The molecule has 0 aliphatic rings. The van der Waals surface area contributed by atoms with Gasteiger partial charge in [-0.1, -0.05) is 23.2 Å². The Morgan fingerprint density at radius 3 is 2.42 bits per heavy atom. The van der Waals surface area contributed by atoms with E-state index in [4.69, 9.17) is 23.2 Å². The molecule has 1 rings (SSSR count). The highest BCUT2D eigenvalue weighted by Gasteiger charge is 2.42. The molecule has 8 heteroatoms. The summed E-state index contributed by atoms with van der Waals surface area (Å²) in [6, 6.07) is 0. The summed E-state index contributed by atoms with van der Waals surface area (Å²) >= 11 is 9.91. The lowest BCUT2D eigenvalue weighted by Gasteiger charge is -2.12. The Morgan fingerprint density at radius 2 is 2.08 bits per heavy atom. The molecule has 0 amide bonds. The number of halogens is 4. The van der Waals surface area contributed by atoms with Crippen LogP contribution in [-0.2, 0) is 5.92 Å². The van der Waals surface area contributed by atoms with Gasteiger partial charge < -0.3 is 0 Å². The van der Waals surface area contributed by atoms with E-state index in [1.807, 2.05) is 0 Å². The normalized spacial score (nSPS) is 12.4. The molecule has 0 bridgehead atoms. The zero-order valence-corrected chi connectivity index (χ0v) is 6.96. The molecule has 0 unspecified atom stereocenters. The first-order valence-corrected chi connectivity index (χ1v) is 3.63. The molecule has 68 valence electrons. The quantitative estimate of drug-likeness (QED) is 0.727. The van der Waals surface area contributed by atoms with Crippen LogP contribution in [0.25, 0.3) is 0 Å². The first kappa shape index (κ1) is 9.47. The predicted molar refractivity (Wildman–Crippen MR) is 38.6 cm³/mol. The van der Waals surface area contributed by atoms with Crippen molar-refractivity contribution in [3.05, 3.63) is 16.3 Å². The summed E-state index contributed by atoms with van der Waals surface area (Å²) in [6.07, 6.45) is 0. The summed E-state index contributed by atoms with van der Waals surface area (Å²) < 4.78 is 25.6. The van der Waals surface area contributed by atoms with E-state index in [1.165, 1.54) is 0 Å². The molecule has 1 heterocycles. The third-order valence-electron chi connectivity index (χ3n) is 1.09. The zero-order chi connectivity index (χ0) is 9.35.